The van der Waals surface area contributed by atoms with Crippen LogP contribution in [-0.4, -0.2) is 89.6 Å². The number of hydrogen-bond donors (Lipinski definition) is 3. The molecule has 2 unspecified atom stereocenters. The van der Waals surface area contributed by atoms with Crippen LogP contribution in [-0.2, 0) is 4.74 Å². The van der Waals surface area contributed by atoms with Crippen molar-refractivity contribution in [2.45, 2.75) is 37.1 Å². The van der Waals surface area contributed by atoms with Gasteiger partial charge in [0, 0.05) is 13.2 Å². The van der Waals surface area contributed by atoms with Crippen molar-refractivity contribution in [1.29, 1.82) is 0 Å². The van der Waals surface area contributed by atoms with Gasteiger partial charge in [-0.15, -0.1) is 13.2 Å². The van der Waals surface area contributed by atoms with Gasteiger partial charge in [0.1, 0.15) is 18.4 Å². The van der Waals surface area contributed by atoms with Gasteiger partial charge in [0.25, 0.3) is 0 Å². The fraction of sp³-hybridized carbons (Fsp3) is 0.714. The number of aliphatic hydroxyl groups excluding tert-OH is 2. The summed E-state index contributed by atoms with van der Waals surface area (Å²) in [5.41, 5.74) is 5.75. The molecule has 0 aromatic rings. The maximum absolute atomic E-state index is 12.2. The molecule has 2 aliphatic heterocycles. The zero-order valence-electron chi connectivity index (χ0n) is 13.3. The monoisotopic (exact) mass is 331 g/mol. The molecule has 2 rings (SSSR count). The van der Waals surface area contributed by atoms with Gasteiger partial charge in [-0.1, -0.05) is 0 Å². The number of hydrogen-bond acceptors (Lipinski definition) is 5. The molecule has 1 fully saturated rings. The first-order chi connectivity index (χ1) is 10.1. The predicted octanol–water partition coefficient (Wildman–Crippen LogP) is -0.302. The van der Waals surface area contributed by atoms with E-state index in [0.29, 0.717) is 6.42 Å². The molecule has 1 saturated heterocycles. The second kappa shape index (κ2) is 6.34. The first-order valence-electron chi connectivity index (χ1n) is 7.30. The van der Waals surface area contributed by atoms with Gasteiger partial charge in [0.2, 0.25) is 0 Å². The number of aliphatic hydroxyl groups is 2. The maximum atomic E-state index is 12.2. The largest absolute Gasteiger partial charge is 0.388 e. The molecular formula is C14H26N3O4P. The van der Waals surface area contributed by atoms with Gasteiger partial charge in [-0.25, -0.2) is 4.79 Å². The molecule has 22 heavy (non-hydrogen) atoms. The lowest BCUT2D eigenvalue weighted by atomic mass is 10.1. The molecule has 0 radical (unpaired) electrons. The number of rotatable bonds is 4. The summed E-state index contributed by atoms with van der Waals surface area (Å²) in [6.07, 6.45) is 4.68. The van der Waals surface area contributed by atoms with Gasteiger partial charge in [0.15, 0.2) is 6.23 Å². The molecule has 0 aromatic carbocycles. The SMILES string of the molecule is C=P(C)(C)CC[C@H]1OC(N2C=CC(N)N(C)C2=O)[C@H](O)[C@@H]1O. The first-order valence-corrected chi connectivity index (χ1v) is 10.3. The second-order valence-electron chi connectivity index (χ2n) is 6.63. The lowest BCUT2D eigenvalue weighted by Crippen LogP contribution is -2.55. The number of urea groups is 1. The van der Waals surface area contributed by atoms with Gasteiger partial charge in [0.05, 0.1) is 6.10 Å². The van der Waals surface area contributed by atoms with E-state index >= 15 is 0 Å². The number of nitrogens with zero attached hydrogens (tertiary/aromatic N) is 2. The molecule has 0 bridgehead atoms. The molecule has 8 heteroatoms. The van der Waals surface area contributed by atoms with Crippen LogP contribution in [0, 0.1) is 0 Å². The van der Waals surface area contributed by atoms with Gasteiger partial charge in [-0.05, 0) is 32.0 Å². The molecule has 0 aliphatic carbocycles. The minimum Gasteiger partial charge on any atom is -0.388 e. The Balaban J connectivity index is 2.08. The van der Waals surface area contributed by atoms with Crippen LogP contribution in [0.1, 0.15) is 6.42 Å². The quantitative estimate of drug-likeness (QED) is 0.614. The molecule has 0 saturated carbocycles. The summed E-state index contributed by atoms with van der Waals surface area (Å²) in [6.45, 7) is 2.97. The van der Waals surface area contributed by atoms with Crippen LogP contribution in [0.2, 0.25) is 0 Å². The summed E-state index contributed by atoms with van der Waals surface area (Å²) in [5, 5.41) is 20.4. The highest BCUT2D eigenvalue weighted by Crippen LogP contribution is 2.38. The summed E-state index contributed by atoms with van der Waals surface area (Å²) in [6, 6.07) is -0.364. The highest BCUT2D eigenvalue weighted by molar-refractivity contribution is 7.72. The number of likely N-dealkylation sites (N-methyl/N-ethyl adjacent to an activating group) is 1. The van der Waals surface area contributed by atoms with Crippen molar-refractivity contribution >= 4 is 19.2 Å². The molecule has 5 atom stereocenters. The Kier molecular flexibility index (Phi) is 5.04. The first kappa shape index (κ1) is 17.5. The number of carbonyl (C=O) groups is 1. The van der Waals surface area contributed by atoms with Gasteiger partial charge in [-0.2, -0.15) is 0 Å². The van der Waals surface area contributed by atoms with E-state index in [2.05, 4.69) is 19.6 Å². The van der Waals surface area contributed by atoms with E-state index in [9.17, 15) is 15.0 Å². The fourth-order valence-electron chi connectivity index (χ4n) is 2.55. The summed E-state index contributed by atoms with van der Waals surface area (Å²) < 4.78 is 5.75. The van der Waals surface area contributed by atoms with Gasteiger partial charge >= 0.3 is 6.03 Å². The number of ether oxygens (including phenoxy) is 1. The van der Waals surface area contributed by atoms with Crippen molar-refractivity contribution in [3.63, 3.8) is 0 Å². The van der Waals surface area contributed by atoms with Crippen molar-refractivity contribution in [2.75, 3.05) is 26.5 Å². The van der Waals surface area contributed by atoms with Gasteiger partial charge < -0.3 is 25.6 Å². The third-order valence-corrected chi connectivity index (χ3v) is 5.51. The van der Waals surface area contributed by atoms with Crippen LogP contribution in [0.4, 0.5) is 4.79 Å². The Hall–Kier alpha value is -0.850. The van der Waals surface area contributed by atoms with Crippen molar-refractivity contribution in [3.8, 4) is 0 Å². The average molecular weight is 331 g/mol. The van der Waals surface area contributed by atoms with E-state index in [-0.39, 0.29) is 6.03 Å². The molecule has 4 N–H and O–H groups in total. The average Bonchev–Trinajstić information content (AvgIpc) is 2.70. The summed E-state index contributed by atoms with van der Waals surface area (Å²) in [4.78, 5) is 14.9. The smallest absolute Gasteiger partial charge is 0.327 e. The summed E-state index contributed by atoms with van der Waals surface area (Å²) >= 11 is 0. The standard InChI is InChI=1S/C14H26N3O4P/c1-16-10(15)5-7-17(14(16)20)13-12(19)11(18)9(21-13)6-8-22(2,3)4/h5,7,9-13,18-19H,2,6,8,15H2,1,3-4H3/t9-,10?,11-,12-,13?/m1/s1. The lowest BCUT2D eigenvalue weighted by Gasteiger charge is -2.36. The van der Waals surface area contributed by atoms with Gasteiger partial charge in [-0.3, -0.25) is 4.90 Å². The highest BCUT2D eigenvalue weighted by Gasteiger charge is 2.47. The van der Waals surface area contributed by atoms with Crippen molar-refractivity contribution in [1.82, 2.24) is 9.80 Å². The highest BCUT2D eigenvalue weighted by atomic mass is 31.2. The molecule has 2 amide bonds. The molecule has 7 nitrogen and oxygen atoms in total. The molecule has 2 heterocycles. The third kappa shape index (κ3) is 3.55. The Morgan fingerprint density at radius 3 is 2.64 bits per heavy atom. The Labute approximate surface area is 131 Å². The van der Waals surface area contributed by atoms with Crippen LogP contribution < -0.4 is 5.73 Å². The van der Waals surface area contributed by atoms with Crippen molar-refractivity contribution in [3.05, 3.63) is 12.3 Å². The fourth-order valence-corrected chi connectivity index (χ4v) is 3.50. The zero-order valence-corrected chi connectivity index (χ0v) is 14.2. The van der Waals surface area contributed by atoms with Crippen molar-refractivity contribution in [2.24, 2.45) is 5.73 Å². The second-order valence-corrected chi connectivity index (χ2v) is 10.9. The summed E-state index contributed by atoms with van der Waals surface area (Å²) in [7, 11) is 1.58. The van der Waals surface area contributed by atoms with E-state index in [1.165, 1.54) is 16.0 Å². The Morgan fingerprint density at radius 1 is 1.41 bits per heavy atom. The molecule has 0 spiro atoms. The van der Waals surface area contributed by atoms with Crippen molar-refractivity contribution < 1.29 is 19.7 Å². The molecule has 2 aliphatic rings. The lowest BCUT2D eigenvalue weighted by molar-refractivity contribution is -0.0598. The Morgan fingerprint density at radius 2 is 2.05 bits per heavy atom. The van der Waals surface area contributed by atoms with Crippen LogP contribution in [0.5, 0.6) is 0 Å². The number of carbonyl (C=O) groups excluding carboxylic acids is 1. The van der Waals surface area contributed by atoms with E-state index in [4.69, 9.17) is 10.5 Å². The topological polar surface area (TPSA) is 99.3 Å². The third-order valence-electron chi connectivity index (χ3n) is 4.04. The maximum Gasteiger partial charge on any atom is 0.327 e. The number of nitrogens with two attached hydrogens (primary N) is 1. The minimum atomic E-state index is -1.24. The minimum absolute atomic E-state index is 0.364. The molecule has 126 valence electrons. The number of amides is 2. The molecule has 0 aromatic heterocycles. The van der Waals surface area contributed by atoms with Crippen LogP contribution in [0.15, 0.2) is 12.3 Å². The van der Waals surface area contributed by atoms with Crippen LogP contribution >= 0.6 is 6.89 Å². The zero-order chi connectivity index (χ0) is 16.7. The van der Waals surface area contributed by atoms with E-state index in [0.717, 1.165) is 6.16 Å². The van der Waals surface area contributed by atoms with Crippen LogP contribution in [0.25, 0.3) is 0 Å². The summed E-state index contributed by atoms with van der Waals surface area (Å²) in [5.74, 6) is 0. The van der Waals surface area contributed by atoms with Crippen LogP contribution in [0.3, 0.4) is 0 Å². The Bertz CT molecular complexity index is 506. The normalized spacial score (nSPS) is 36.3. The molecular weight excluding hydrogens is 305 g/mol. The van der Waals surface area contributed by atoms with E-state index in [1.807, 2.05) is 0 Å². The predicted molar refractivity (Wildman–Crippen MR) is 88.2 cm³/mol. The van der Waals surface area contributed by atoms with E-state index in [1.54, 1.807) is 13.1 Å². The van der Waals surface area contributed by atoms with E-state index < -0.39 is 37.6 Å².